The second kappa shape index (κ2) is 3.73. The summed E-state index contributed by atoms with van der Waals surface area (Å²) in [6, 6.07) is 3.91. The molecule has 0 atom stereocenters. The quantitative estimate of drug-likeness (QED) is 0.823. The Morgan fingerprint density at radius 1 is 1.53 bits per heavy atom. The summed E-state index contributed by atoms with van der Waals surface area (Å²) in [5.74, 6) is 0.847. The second-order valence-corrected chi connectivity index (χ2v) is 4.31. The van der Waals surface area contributed by atoms with Crippen molar-refractivity contribution in [2.24, 2.45) is 7.05 Å². The van der Waals surface area contributed by atoms with Gasteiger partial charge in [0.1, 0.15) is 0 Å². The van der Waals surface area contributed by atoms with Crippen LogP contribution in [0.4, 0.5) is 11.5 Å². The van der Waals surface area contributed by atoms with E-state index < -0.39 is 0 Å². The number of halogens is 1. The zero-order chi connectivity index (χ0) is 11.0. The summed E-state index contributed by atoms with van der Waals surface area (Å²) >= 11 is 3.42. The first-order valence-electron chi connectivity index (χ1n) is 4.79. The third-order valence-corrected chi connectivity index (χ3v) is 2.75. The van der Waals surface area contributed by atoms with Crippen molar-refractivity contribution in [2.75, 3.05) is 17.6 Å². The molecule has 0 aliphatic heterocycles. The third kappa shape index (κ3) is 1.67. The topological polar surface area (TPSA) is 55.9 Å². The number of hydrogen-bond acceptors (Lipinski definition) is 3. The number of rotatable bonds is 2. The van der Waals surface area contributed by atoms with Crippen LogP contribution in [-0.2, 0) is 7.05 Å². The van der Waals surface area contributed by atoms with Gasteiger partial charge in [-0.2, -0.15) is 5.10 Å². The average molecular weight is 269 g/mol. The average Bonchev–Trinajstić information content (AvgIpc) is 2.44. The molecule has 0 unspecified atom stereocenters. The maximum Gasteiger partial charge on any atom is 0.158 e. The van der Waals surface area contributed by atoms with Crippen LogP contribution in [0.1, 0.15) is 6.92 Å². The van der Waals surface area contributed by atoms with E-state index in [1.807, 2.05) is 30.8 Å². The van der Waals surface area contributed by atoms with E-state index >= 15 is 0 Å². The Bertz CT molecular complexity index is 504. The van der Waals surface area contributed by atoms with Gasteiger partial charge in [-0.25, -0.2) is 0 Å². The van der Waals surface area contributed by atoms with Gasteiger partial charge < -0.3 is 11.1 Å². The zero-order valence-electron chi connectivity index (χ0n) is 8.71. The Morgan fingerprint density at radius 2 is 2.27 bits per heavy atom. The number of aryl methyl sites for hydroxylation is 1. The van der Waals surface area contributed by atoms with Crippen LogP contribution in [0.2, 0.25) is 0 Å². The van der Waals surface area contributed by atoms with Gasteiger partial charge in [-0.15, -0.1) is 0 Å². The molecule has 0 bridgehead atoms. The van der Waals surface area contributed by atoms with Crippen molar-refractivity contribution in [2.45, 2.75) is 6.92 Å². The number of anilines is 2. The highest BCUT2D eigenvalue weighted by Crippen LogP contribution is 2.31. The number of nitrogens with two attached hydrogens (primary N) is 1. The van der Waals surface area contributed by atoms with Crippen LogP contribution in [0.5, 0.6) is 0 Å². The normalized spacial score (nSPS) is 10.9. The summed E-state index contributed by atoms with van der Waals surface area (Å²) < 4.78 is 2.80. The van der Waals surface area contributed by atoms with E-state index in [2.05, 4.69) is 26.3 Å². The summed E-state index contributed by atoms with van der Waals surface area (Å²) in [7, 11) is 1.91. The van der Waals surface area contributed by atoms with Gasteiger partial charge in [0.25, 0.3) is 0 Å². The van der Waals surface area contributed by atoms with Gasteiger partial charge >= 0.3 is 0 Å². The van der Waals surface area contributed by atoms with Crippen LogP contribution in [0.15, 0.2) is 16.6 Å². The van der Waals surface area contributed by atoms with E-state index in [1.54, 1.807) is 0 Å². The van der Waals surface area contributed by atoms with E-state index in [9.17, 15) is 0 Å². The Kier molecular flexibility index (Phi) is 2.56. The second-order valence-electron chi connectivity index (χ2n) is 3.39. The number of fused-ring (bicyclic) bond motifs is 1. The van der Waals surface area contributed by atoms with Crippen LogP contribution < -0.4 is 11.1 Å². The van der Waals surface area contributed by atoms with Gasteiger partial charge in [0, 0.05) is 23.8 Å². The molecular weight excluding hydrogens is 256 g/mol. The maximum absolute atomic E-state index is 5.98. The first-order valence-corrected chi connectivity index (χ1v) is 5.58. The molecule has 4 nitrogen and oxygen atoms in total. The molecule has 0 aliphatic rings. The summed E-state index contributed by atoms with van der Waals surface area (Å²) in [5, 5.41) is 8.58. The van der Waals surface area contributed by atoms with Gasteiger partial charge in [0.15, 0.2) is 5.82 Å². The van der Waals surface area contributed by atoms with Crippen LogP contribution in [0.25, 0.3) is 10.9 Å². The molecule has 3 N–H and O–H groups in total. The molecule has 0 fully saturated rings. The molecule has 0 saturated heterocycles. The fourth-order valence-electron chi connectivity index (χ4n) is 1.67. The highest BCUT2D eigenvalue weighted by molar-refractivity contribution is 9.10. The molecule has 80 valence electrons. The fraction of sp³-hybridized carbons (Fsp3) is 0.300. The highest BCUT2D eigenvalue weighted by atomic mass is 79.9. The van der Waals surface area contributed by atoms with Crippen molar-refractivity contribution in [3.05, 3.63) is 16.6 Å². The van der Waals surface area contributed by atoms with Gasteiger partial charge in [0.05, 0.1) is 10.9 Å². The number of nitrogen functional groups attached to an aromatic ring is 1. The monoisotopic (exact) mass is 268 g/mol. The lowest BCUT2D eigenvalue weighted by molar-refractivity contribution is 0.798. The number of nitrogens with zero attached hydrogens (tertiary/aromatic N) is 2. The van der Waals surface area contributed by atoms with Crippen LogP contribution in [0.3, 0.4) is 0 Å². The molecule has 1 heterocycles. The minimum atomic E-state index is 0.739. The molecule has 1 aromatic carbocycles. The molecule has 5 heteroatoms. The summed E-state index contributed by atoms with van der Waals surface area (Å²) in [5.41, 5.74) is 7.74. The maximum atomic E-state index is 5.98. The smallest absolute Gasteiger partial charge is 0.158 e. The van der Waals surface area contributed by atoms with Crippen molar-refractivity contribution in [1.29, 1.82) is 0 Å². The molecule has 2 aromatic rings. The zero-order valence-corrected chi connectivity index (χ0v) is 10.3. The first-order chi connectivity index (χ1) is 7.13. The molecule has 15 heavy (non-hydrogen) atoms. The van der Waals surface area contributed by atoms with Crippen LogP contribution in [-0.4, -0.2) is 16.3 Å². The predicted octanol–water partition coefficient (Wildman–Crippen LogP) is 2.35. The Labute approximate surface area is 96.6 Å². The van der Waals surface area contributed by atoms with E-state index in [4.69, 9.17) is 5.73 Å². The molecule has 0 spiro atoms. The number of nitrogens with one attached hydrogen (secondary N) is 1. The minimum Gasteiger partial charge on any atom is -0.398 e. The van der Waals surface area contributed by atoms with Crippen molar-refractivity contribution >= 4 is 38.3 Å². The fourth-order valence-corrected chi connectivity index (χ4v) is 2.13. The van der Waals surface area contributed by atoms with E-state index in [-0.39, 0.29) is 0 Å². The number of benzene rings is 1. The van der Waals surface area contributed by atoms with E-state index in [1.165, 1.54) is 0 Å². The van der Waals surface area contributed by atoms with E-state index in [0.717, 1.165) is 33.4 Å². The van der Waals surface area contributed by atoms with Gasteiger partial charge in [-0.1, -0.05) is 15.9 Å². The third-order valence-electron chi connectivity index (χ3n) is 2.29. The molecule has 0 radical (unpaired) electrons. The van der Waals surface area contributed by atoms with Gasteiger partial charge in [0.2, 0.25) is 0 Å². The predicted molar refractivity (Wildman–Crippen MR) is 67.0 cm³/mol. The lowest BCUT2D eigenvalue weighted by Gasteiger charge is -2.01. The summed E-state index contributed by atoms with van der Waals surface area (Å²) in [4.78, 5) is 0. The summed E-state index contributed by atoms with van der Waals surface area (Å²) in [6.45, 7) is 2.87. The highest BCUT2D eigenvalue weighted by Gasteiger charge is 2.11. The molecule has 0 aliphatic carbocycles. The van der Waals surface area contributed by atoms with Crippen molar-refractivity contribution in [3.8, 4) is 0 Å². The van der Waals surface area contributed by atoms with Gasteiger partial charge in [-0.05, 0) is 19.1 Å². The lowest BCUT2D eigenvalue weighted by atomic mass is 10.2. The Balaban J connectivity index is 2.75. The largest absolute Gasteiger partial charge is 0.398 e. The van der Waals surface area contributed by atoms with Crippen molar-refractivity contribution in [1.82, 2.24) is 9.78 Å². The van der Waals surface area contributed by atoms with Crippen molar-refractivity contribution < 1.29 is 0 Å². The standard InChI is InChI=1S/C10H13BrN4/c1-3-13-10-9-7(12)4-6(11)5-8(9)15(2)14-10/h4-5H,3,12H2,1-2H3,(H,13,14). The van der Waals surface area contributed by atoms with Crippen molar-refractivity contribution in [3.63, 3.8) is 0 Å². The first kappa shape index (κ1) is 10.3. The SMILES string of the molecule is CCNc1nn(C)c2cc(Br)cc(N)c12. The minimum absolute atomic E-state index is 0.739. The molecule has 2 rings (SSSR count). The Morgan fingerprint density at radius 3 is 2.93 bits per heavy atom. The van der Waals surface area contributed by atoms with E-state index in [0.29, 0.717) is 0 Å². The van der Waals surface area contributed by atoms with Crippen LogP contribution in [0, 0.1) is 0 Å². The molecule has 0 saturated carbocycles. The molecular formula is C10H13BrN4. The van der Waals surface area contributed by atoms with Gasteiger partial charge in [-0.3, -0.25) is 4.68 Å². The van der Waals surface area contributed by atoms with Crippen LogP contribution >= 0.6 is 15.9 Å². The Hall–Kier alpha value is -1.23. The molecule has 0 amide bonds. The molecule has 1 aromatic heterocycles. The lowest BCUT2D eigenvalue weighted by Crippen LogP contribution is -1.99. The number of aromatic nitrogens is 2. The number of hydrogen-bond donors (Lipinski definition) is 2. The summed E-state index contributed by atoms with van der Waals surface area (Å²) in [6.07, 6.45) is 0.